The second kappa shape index (κ2) is 13.1. The summed E-state index contributed by atoms with van der Waals surface area (Å²) < 4.78 is 103. The lowest BCUT2D eigenvalue weighted by atomic mass is 9.84. The van der Waals surface area contributed by atoms with Gasteiger partial charge in [0.1, 0.15) is 23.1 Å². The molecule has 266 valence electrons. The van der Waals surface area contributed by atoms with Crippen LogP contribution in [0, 0.1) is 17.7 Å². The lowest BCUT2D eigenvalue weighted by molar-refractivity contribution is -0.172. The van der Waals surface area contributed by atoms with Crippen molar-refractivity contribution in [1.82, 2.24) is 15.1 Å². The molecule has 3 saturated heterocycles. The molecule has 10 nitrogen and oxygen atoms in total. The molecule has 1 spiro atoms. The van der Waals surface area contributed by atoms with Crippen molar-refractivity contribution in [3.8, 4) is 5.75 Å². The number of nitrogens with one attached hydrogen (secondary N) is 1. The summed E-state index contributed by atoms with van der Waals surface area (Å²) in [6.45, 7) is 4.15. The Morgan fingerprint density at radius 1 is 1.00 bits per heavy atom. The fraction of sp³-hybridized carbons (Fsp3) is 0.500. The molecule has 2 aromatic carbocycles. The van der Waals surface area contributed by atoms with Gasteiger partial charge in [0.25, 0.3) is 5.91 Å². The van der Waals surface area contributed by atoms with Crippen LogP contribution in [0.2, 0.25) is 0 Å². The number of benzene rings is 2. The number of nitrogens with zero attached hydrogens (tertiary/aromatic N) is 4. The first-order valence-electron chi connectivity index (χ1n) is 15.5. The number of anilines is 2. The van der Waals surface area contributed by atoms with Gasteiger partial charge in [-0.15, -0.1) is 0 Å². The van der Waals surface area contributed by atoms with E-state index in [4.69, 9.17) is 4.74 Å². The average Bonchev–Trinajstić information content (AvgIpc) is 3.18. The van der Waals surface area contributed by atoms with Gasteiger partial charge in [-0.3, -0.25) is 29.1 Å². The maximum Gasteiger partial charge on any atom is 0.471 e. The number of halogens is 7. The summed E-state index contributed by atoms with van der Waals surface area (Å²) >= 11 is 0. The highest BCUT2D eigenvalue weighted by molar-refractivity contribution is 6.16. The Morgan fingerprint density at radius 2 is 1.61 bits per heavy atom. The van der Waals surface area contributed by atoms with Crippen LogP contribution in [0.4, 0.5) is 46.9 Å². The number of likely N-dealkylation sites (tertiary alicyclic amines) is 1. The molecule has 3 aliphatic rings. The Balaban J connectivity index is 1.42. The van der Waals surface area contributed by atoms with E-state index >= 15 is 0 Å². The molecule has 0 aliphatic carbocycles. The monoisotopic (exact) mass is 701 g/mol. The summed E-state index contributed by atoms with van der Waals surface area (Å²) in [6.07, 6.45) is -11.1. The third-order valence-electron chi connectivity index (χ3n) is 9.11. The molecule has 3 aliphatic heterocycles. The number of alkyl halides is 6. The quantitative estimate of drug-likeness (QED) is 0.313. The minimum Gasteiger partial charge on any atom is -0.493 e. The predicted molar refractivity (Wildman–Crippen MR) is 161 cm³/mol. The van der Waals surface area contributed by atoms with Crippen molar-refractivity contribution in [1.29, 1.82) is 0 Å². The maximum absolute atomic E-state index is 15.0. The van der Waals surface area contributed by atoms with Crippen LogP contribution < -0.4 is 19.9 Å². The maximum atomic E-state index is 15.0. The summed E-state index contributed by atoms with van der Waals surface area (Å²) in [5, 5.41) is 3.14. The highest BCUT2D eigenvalue weighted by Gasteiger charge is 2.58. The van der Waals surface area contributed by atoms with Crippen LogP contribution in [0.5, 0.6) is 5.75 Å². The molecule has 1 N–H and O–H groups in total. The number of hydrogen-bond donors (Lipinski definition) is 1. The molecule has 0 bridgehead atoms. The number of piperidine rings is 1. The minimum atomic E-state index is -5.68. The molecule has 3 fully saturated rings. The second-order valence-corrected chi connectivity index (χ2v) is 12.7. The molecular weight excluding hydrogens is 667 g/mol. The van der Waals surface area contributed by atoms with Gasteiger partial charge in [-0.05, 0) is 61.2 Å². The second-order valence-electron chi connectivity index (χ2n) is 12.7. The fourth-order valence-electron chi connectivity index (χ4n) is 6.37. The Morgan fingerprint density at radius 3 is 2.12 bits per heavy atom. The van der Waals surface area contributed by atoms with Crippen LogP contribution in [0.1, 0.15) is 32.3 Å². The largest absolute Gasteiger partial charge is 0.493 e. The zero-order valence-electron chi connectivity index (χ0n) is 26.7. The van der Waals surface area contributed by atoms with Crippen LogP contribution in [-0.4, -0.2) is 91.1 Å². The highest BCUT2D eigenvalue weighted by atomic mass is 19.4. The van der Waals surface area contributed by atoms with E-state index in [0.717, 1.165) is 22.9 Å². The smallest absolute Gasteiger partial charge is 0.471 e. The lowest BCUT2D eigenvalue weighted by Gasteiger charge is -2.44. The molecule has 1 unspecified atom stereocenters. The minimum absolute atomic E-state index is 0.0597. The van der Waals surface area contributed by atoms with E-state index in [1.54, 1.807) is 24.3 Å². The van der Waals surface area contributed by atoms with Crippen LogP contribution >= 0.6 is 0 Å². The molecule has 17 heteroatoms. The first-order chi connectivity index (χ1) is 22.9. The SMILES string of the molecule is CC(C)C(C(=O)N1CCC2(CC1)C(=O)N(C)C(=O)N2c1ccc(OCC2CNC2)cc1)N(C(=O)C(F)(F)F)c1cc(C(F)(F)F)ccc1F. The summed E-state index contributed by atoms with van der Waals surface area (Å²) in [5.74, 6) is -6.19. The zero-order chi connectivity index (χ0) is 36.1. The number of hydrogen-bond acceptors (Lipinski definition) is 6. The number of carbonyl (C=O) groups is 4. The van der Waals surface area contributed by atoms with Gasteiger partial charge in [0.15, 0.2) is 0 Å². The van der Waals surface area contributed by atoms with Crippen molar-refractivity contribution in [2.24, 2.45) is 11.8 Å². The Hall–Kier alpha value is -4.41. The van der Waals surface area contributed by atoms with Gasteiger partial charge in [0.2, 0.25) is 5.91 Å². The first kappa shape index (κ1) is 35.9. The van der Waals surface area contributed by atoms with Crippen LogP contribution in [0.15, 0.2) is 42.5 Å². The first-order valence-corrected chi connectivity index (χ1v) is 15.5. The van der Waals surface area contributed by atoms with Crippen molar-refractivity contribution in [3.63, 3.8) is 0 Å². The van der Waals surface area contributed by atoms with Gasteiger partial charge in [0, 0.05) is 44.8 Å². The third-order valence-corrected chi connectivity index (χ3v) is 9.11. The number of urea groups is 1. The van der Waals surface area contributed by atoms with E-state index < -0.39 is 70.7 Å². The number of imide groups is 1. The van der Waals surface area contributed by atoms with E-state index in [9.17, 15) is 49.9 Å². The summed E-state index contributed by atoms with van der Waals surface area (Å²) in [7, 11) is 1.30. The Labute approximate surface area is 276 Å². The van der Waals surface area contributed by atoms with Gasteiger partial charge in [0.05, 0.1) is 17.9 Å². The van der Waals surface area contributed by atoms with Crippen molar-refractivity contribution in [3.05, 3.63) is 53.8 Å². The highest BCUT2D eigenvalue weighted by Crippen LogP contribution is 2.42. The zero-order valence-corrected chi connectivity index (χ0v) is 26.7. The number of rotatable bonds is 8. The molecule has 0 saturated carbocycles. The van der Waals surface area contributed by atoms with E-state index in [1.807, 2.05) is 0 Å². The Kier molecular flexibility index (Phi) is 9.62. The van der Waals surface area contributed by atoms with E-state index in [2.05, 4.69) is 5.32 Å². The standard InChI is InChI=1S/C32H34F7N5O5/c1-18(2)25(43(28(47)32(37,38)39)24-14-20(31(34,35)36)4-9-23(24)33)26(45)42-12-10-30(11-13-42)27(46)41(3)29(48)44(30)21-5-7-22(8-6-21)49-17-19-15-40-16-19/h4-9,14,18-19,25,40H,10-13,15-17H2,1-3H3. The topological polar surface area (TPSA) is 102 Å². The fourth-order valence-corrected chi connectivity index (χ4v) is 6.37. The van der Waals surface area contributed by atoms with Gasteiger partial charge >= 0.3 is 24.3 Å². The normalized spacial score (nSPS) is 19.0. The van der Waals surface area contributed by atoms with Gasteiger partial charge in [-0.1, -0.05) is 13.8 Å². The molecule has 49 heavy (non-hydrogen) atoms. The summed E-state index contributed by atoms with van der Waals surface area (Å²) in [6, 6.07) is 4.44. The van der Waals surface area contributed by atoms with Crippen molar-refractivity contribution < 1.29 is 54.6 Å². The van der Waals surface area contributed by atoms with E-state index in [0.29, 0.717) is 30.0 Å². The van der Waals surface area contributed by atoms with Gasteiger partial charge < -0.3 is 15.0 Å². The third kappa shape index (κ3) is 6.76. The van der Waals surface area contributed by atoms with Gasteiger partial charge in [-0.2, -0.15) is 26.3 Å². The van der Waals surface area contributed by atoms with Crippen molar-refractivity contribution in [2.75, 3.05) is 49.6 Å². The molecule has 1 atom stereocenters. The molecule has 5 rings (SSSR count). The van der Waals surface area contributed by atoms with Crippen LogP contribution in [0.3, 0.4) is 0 Å². The molecule has 3 heterocycles. The van der Waals surface area contributed by atoms with Crippen molar-refractivity contribution >= 4 is 35.1 Å². The Bertz CT molecular complexity index is 1600. The average molecular weight is 702 g/mol. The number of carbonyl (C=O) groups excluding carboxylic acids is 4. The summed E-state index contributed by atoms with van der Waals surface area (Å²) in [5.41, 5.74) is -3.99. The predicted octanol–water partition coefficient (Wildman–Crippen LogP) is 4.82. The summed E-state index contributed by atoms with van der Waals surface area (Å²) in [4.78, 5) is 56.6. The molecule has 0 aromatic heterocycles. The molecule has 0 radical (unpaired) electrons. The number of ether oxygens (including phenoxy) is 1. The van der Waals surface area contributed by atoms with E-state index in [1.165, 1.54) is 25.8 Å². The van der Waals surface area contributed by atoms with E-state index in [-0.39, 0.29) is 43.0 Å². The number of amides is 5. The molecule has 5 amide bonds. The lowest BCUT2D eigenvalue weighted by Crippen LogP contribution is -2.62. The molecule has 2 aromatic rings. The van der Waals surface area contributed by atoms with Crippen LogP contribution in [0.25, 0.3) is 0 Å². The molecular formula is C32H34F7N5O5. The van der Waals surface area contributed by atoms with Crippen LogP contribution in [-0.2, 0) is 20.6 Å². The number of likely N-dealkylation sites (N-methyl/N-ethyl adjacent to an activating group) is 1. The van der Waals surface area contributed by atoms with Crippen molar-refractivity contribution in [2.45, 2.75) is 50.6 Å². The van der Waals surface area contributed by atoms with Gasteiger partial charge in [-0.25, -0.2) is 9.18 Å².